The molecule has 0 saturated carbocycles. The summed E-state index contributed by atoms with van der Waals surface area (Å²) in [5, 5.41) is 29.0. The van der Waals surface area contributed by atoms with E-state index in [4.69, 9.17) is 34.7 Å². The second kappa shape index (κ2) is 29.4. The Balaban J connectivity index is 1.57. The van der Waals surface area contributed by atoms with Crippen LogP contribution in [0.3, 0.4) is 0 Å². The van der Waals surface area contributed by atoms with Gasteiger partial charge in [0.1, 0.15) is 12.1 Å². The van der Waals surface area contributed by atoms with E-state index in [9.17, 15) is 24.3 Å². The zero-order chi connectivity index (χ0) is 45.9. The molecule has 1 aromatic carbocycles. The molecule has 0 heterocycles. The molecule has 16 heteroatoms. The number of ether oxygens (including phenoxy) is 3. The maximum atomic E-state index is 12.8. The number of aliphatic hydroxyl groups is 1. The molecule has 0 unspecified atom stereocenters. The number of carboxylic acids is 1. The van der Waals surface area contributed by atoms with Crippen LogP contribution in [0.4, 0.5) is 0 Å². The van der Waals surface area contributed by atoms with Gasteiger partial charge in [0, 0.05) is 18.7 Å². The quantitative estimate of drug-likeness (QED) is 0.0287. The Hall–Kier alpha value is -4.97. The van der Waals surface area contributed by atoms with Gasteiger partial charge in [-0.3, -0.25) is 19.2 Å². The maximum absolute atomic E-state index is 12.8. The zero-order valence-corrected chi connectivity index (χ0v) is 37.4. The number of hydrogen-bond donors (Lipinski definition) is 6. The molecule has 7 N–H and O–H groups in total. The molecule has 0 aliphatic heterocycles. The number of nitrogens with zero attached hydrogens (tertiary/aromatic N) is 1. The first-order valence-corrected chi connectivity index (χ1v) is 21.0. The highest BCUT2D eigenvalue weighted by atomic mass is 16.7. The van der Waals surface area contributed by atoms with Crippen LogP contribution in [0.5, 0.6) is 0 Å². The van der Waals surface area contributed by atoms with Crippen molar-refractivity contribution in [3.05, 3.63) is 94.6 Å². The number of carbonyl (C=O) groups is 4. The van der Waals surface area contributed by atoms with Crippen molar-refractivity contribution >= 4 is 29.4 Å². The van der Waals surface area contributed by atoms with Crippen LogP contribution in [0.25, 0.3) is 0 Å². The van der Waals surface area contributed by atoms with Gasteiger partial charge in [0.25, 0.3) is 17.7 Å². The minimum absolute atomic E-state index is 0.0653. The first-order chi connectivity index (χ1) is 29.5. The number of carboxylic acid groups (broad SMARTS) is 1. The van der Waals surface area contributed by atoms with Crippen molar-refractivity contribution in [3.8, 4) is 0 Å². The molecule has 0 spiro atoms. The topological polar surface area (TPSA) is 229 Å². The monoisotopic (exact) mass is 867 g/mol. The highest BCUT2D eigenvalue weighted by Gasteiger charge is 2.31. The van der Waals surface area contributed by atoms with Crippen molar-refractivity contribution in [2.45, 2.75) is 92.3 Å². The van der Waals surface area contributed by atoms with E-state index in [0.717, 1.165) is 46.9 Å². The number of nitrogens with one attached hydrogen (secondary N) is 3. The van der Waals surface area contributed by atoms with Crippen LogP contribution in [0.2, 0.25) is 0 Å². The first kappa shape index (κ1) is 53.2. The van der Waals surface area contributed by atoms with Crippen LogP contribution < -0.4 is 21.8 Å². The Morgan fingerprint density at radius 3 is 2.21 bits per heavy atom. The van der Waals surface area contributed by atoms with E-state index in [1.54, 1.807) is 13.0 Å². The second-order valence-electron chi connectivity index (χ2n) is 16.1. The smallest absolute Gasteiger partial charge is 0.328 e. The Morgan fingerprint density at radius 1 is 0.919 bits per heavy atom. The standard InChI is InChI=1S/C46H69N5O11/c1-32(2)28-40(49-45(57)43(55)38(47)30-36-14-9-8-10-15-36)44(56)51-61-27-26-60-25-24-59-23-22-58-21-20-48-41(52)31-62-50-39-18-19-46(6,7)37(35(39)5)17-16-33(3)12-11-13-34(4)29-42(53)54/h8-17,29,32,38,40,43,55H,18-28,30-31,47H2,1-7H3,(H,48,52)(H,49,57)(H,51,56)(H,53,54)/b13-11+,17-16+,33-12+,34-29+,50-39+/t38-,40+,43+/m1/s1. The molecule has 0 radical (unpaired) electrons. The molecule has 16 nitrogen and oxygen atoms in total. The van der Waals surface area contributed by atoms with Crippen LogP contribution in [-0.4, -0.2) is 117 Å². The number of hydroxylamine groups is 1. The van der Waals surface area contributed by atoms with Gasteiger partial charge in [-0.1, -0.05) is 99.1 Å². The van der Waals surface area contributed by atoms with Gasteiger partial charge in [-0.25, -0.2) is 10.3 Å². The minimum atomic E-state index is -1.49. The minimum Gasteiger partial charge on any atom is -0.478 e. The molecule has 1 aromatic rings. The van der Waals surface area contributed by atoms with Gasteiger partial charge in [-0.05, 0) is 80.1 Å². The SMILES string of the molecule is CC1=C(/C=C/C(C)=C/C=C/C(C)=C/C(=O)O)C(C)(C)CC/C1=N\OCC(=O)NCCOCCOCCOCCONC(=O)[C@H](CC(C)C)NC(=O)[C@@H](O)[C@H](N)Cc1ccccc1. The summed E-state index contributed by atoms with van der Waals surface area (Å²) < 4.78 is 16.5. The fourth-order valence-corrected chi connectivity index (χ4v) is 6.22. The Morgan fingerprint density at radius 2 is 1.56 bits per heavy atom. The van der Waals surface area contributed by atoms with E-state index >= 15 is 0 Å². The number of rotatable bonds is 29. The summed E-state index contributed by atoms with van der Waals surface area (Å²) in [7, 11) is 0. The van der Waals surface area contributed by atoms with E-state index < -0.39 is 36.0 Å². The van der Waals surface area contributed by atoms with Crippen molar-refractivity contribution in [1.29, 1.82) is 0 Å². The largest absolute Gasteiger partial charge is 0.478 e. The summed E-state index contributed by atoms with van der Waals surface area (Å²) in [6.07, 6.45) is 11.5. The number of oxime groups is 1. The van der Waals surface area contributed by atoms with Gasteiger partial charge in [0.05, 0.1) is 52.0 Å². The van der Waals surface area contributed by atoms with Crippen molar-refractivity contribution in [2.24, 2.45) is 22.2 Å². The molecule has 1 aliphatic carbocycles. The summed E-state index contributed by atoms with van der Waals surface area (Å²) >= 11 is 0. The van der Waals surface area contributed by atoms with E-state index in [-0.39, 0.29) is 37.1 Å². The number of amides is 3. The molecular formula is C46H69N5O11. The van der Waals surface area contributed by atoms with Gasteiger partial charge in [0.15, 0.2) is 6.61 Å². The molecule has 2 rings (SSSR count). The predicted octanol–water partition coefficient (Wildman–Crippen LogP) is 4.26. The number of allylic oxidation sites excluding steroid dienone is 9. The number of benzene rings is 1. The van der Waals surface area contributed by atoms with Crippen molar-refractivity contribution in [3.63, 3.8) is 0 Å². The van der Waals surface area contributed by atoms with E-state index in [0.29, 0.717) is 58.0 Å². The van der Waals surface area contributed by atoms with Crippen molar-refractivity contribution < 1.29 is 53.3 Å². The Labute approximate surface area is 366 Å². The Kier molecular flexibility index (Phi) is 25.2. The lowest BCUT2D eigenvalue weighted by Gasteiger charge is -2.33. The molecule has 3 amide bonds. The molecule has 0 saturated heterocycles. The summed E-state index contributed by atoms with van der Waals surface area (Å²) in [4.78, 5) is 59.2. The maximum Gasteiger partial charge on any atom is 0.328 e. The molecule has 3 atom stereocenters. The average Bonchev–Trinajstić information content (AvgIpc) is 3.20. The van der Waals surface area contributed by atoms with Gasteiger partial charge in [0.2, 0.25) is 0 Å². The zero-order valence-electron chi connectivity index (χ0n) is 37.4. The Bertz CT molecular complexity index is 1750. The van der Waals surface area contributed by atoms with Crippen LogP contribution in [-0.2, 0) is 49.5 Å². The number of aliphatic carboxylic acids is 1. The number of carbonyl (C=O) groups excluding carboxylic acids is 3. The highest BCUT2D eigenvalue weighted by molar-refractivity contribution is 6.01. The third kappa shape index (κ3) is 22.2. The number of nitrogens with two attached hydrogens (primary N) is 1. The van der Waals surface area contributed by atoms with Gasteiger partial charge < -0.3 is 45.6 Å². The van der Waals surface area contributed by atoms with Gasteiger partial charge in [-0.15, -0.1) is 0 Å². The van der Waals surface area contributed by atoms with E-state index in [1.165, 1.54) is 0 Å². The molecule has 1 aliphatic rings. The summed E-state index contributed by atoms with van der Waals surface area (Å²) in [5.74, 6) is -2.49. The fraction of sp³-hybridized carbons (Fsp3) is 0.543. The lowest BCUT2D eigenvalue weighted by atomic mass is 9.72. The lowest BCUT2D eigenvalue weighted by Crippen LogP contribution is -2.54. The van der Waals surface area contributed by atoms with Crippen LogP contribution >= 0.6 is 0 Å². The second-order valence-corrected chi connectivity index (χ2v) is 16.1. The third-order valence-corrected chi connectivity index (χ3v) is 9.65. The van der Waals surface area contributed by atoms with Gasteiger partial charge >= 0.3 is 5.97 Å². The van der Waals surface area contributed by atoms with Crippen molar-refractivity contribution in [1.82, 2.24) is 16.1 Å². The summed E-state index contributed by atoms with van der Waals surface area (Å²) in [6.45, 7) is 15.8. The molecule has 0 fully saturated rings. The molecule has 0 bridgehead atoms. The number of hydrogen-bond acceptors (Lipinski definition) is 12. The number of aliphatic hydroxyl groups excluding tert-OH is 1. The van der Waals surface area contributed by atoms with Crippen LogP contribution in [0.15, 0.2) is 94.2 Å². The lowest BCUT2D eigenvalue weighted by molar-refractivity contribution is -0.142. The van der Waals surface area contributed by atoms with Crippen molar-refractivity contribution in [2.75, 3.05) is 59.4 Å². The molecule has 0 aromatic heterocycles. The van der Waals surface area contributed by atoms with Crippen LogP contribution in [0, 0.1) is 11.3 Å². The molecular weight excluding hydrogens is 799 g/mol. The summed E-state index contributed by atoms with van der Waals surface area (Å²) in [6, 6.07) is 7.52. The fourth-order valence-electron chi connectivity index (χ4n) is 6.22. The summed E-state index contributed by atoms with van der Waals surface area (Å²) in [5.41, 5.74) is 13.8. The highest BCUT2D eigenvalue weighted by Crippen LogP contribution is 2.40. The normalized spacial score (nSPS) is 16.8. The molecule has 62 heavy (non-hydrogen) atoms. The average molecular weight is 868 g/mol. The first-order valence-electron chi connectivity index (χ1n) is 21.0. The molecule has 344 valence electrons. The van der Waals surface area contributed by atoms with Gasteiger partial charge in [-0.2, -0.15) is 0 Å². The third-order valence-electron chi connectivity index (χ3n) is 9.65. The van der Waals surface area contributed by atoms with E-state index in [2.05, 4.69) is 41.2 Å². The van der Waals surface area contributed by atoms with E-state index in [1.807, 2.05) is 76.3 Å². The van der Waals surface area contributed by atoms with Crippen LogP contribution in [0.1, 0.15) is 73.3 Å². The predicted molar refractivity (Wildman–Crippen MR) is 238 cm³/mol.